The van der Waals surface area contributed by atoms with Crippen LogP contribution in [0.2, 0.25) is 0 Å². The second-order valence-corrected chi connectivity index (χ2v) is 3.97. The molecule has 0 fully saturated rings. The Kier molecular flexibility index (Phi) is 4.07. The highest BCUT2D eigenvalue weighted by Gasteiger charge is 2.32. The largest absolute Gasteiger partial charge is 0.497 e. The van der Waals surface area contributed by atoms with Crippen LogP contribution in [0.25, 0.3) is 0 Å². The van der Waals surface area contributed by atoms with Crippen LogP contribution in [0.3, 0.4) is 0 Å². The molecule has 2 aromatic rings. The molecule has 0 spiro atoms. The fraction of sp³-hybridized carbons (Fsp3) is 0.231. The van der Waals surface area contributed by atoms with Gasteiger partial charge in [0.25, 0.3) is 0 Å². The predicted octanol–water partition coefficient (Wildman–Crippen LogP) is 3.12. The van der Waals surface area contributed by atoms with Crippen molar-refractivity contribution < 1.29 is 17.9 Å². The lowest BCUT2D eigenvalue weighted by atomic mass is 10.2. The van der Waals surface area contributed by atoms with Gasteiger partial charge in [0, 0.05) is 12.7 Å². The van der Waals surface area contributed by atoms with E-state index < -0.39 is 11.9 Å². The summed E-state index contributed by atoms with van der Waals surface area (Å²) in [7, 11) is 1.54. The number of alkyl halides is 3. The van der Waals surface area contributed by atoms with Gasteiger partial charge in [-0.2, -0.15) is 13.2 Å². The quantitative estimate of drug-likeness (QED) is 0.936. The first-order valence-corrected chi connectivity index (χ1v) is 5.76. The van der Waals surface area contributed by atoms with Gasteiger partial charge in [-0.25, -0.2) is 9.97 Å². The monoisotopic (exact) mass is 283 g/mol. The van der Waals surface area contributed by atoms with Crippen LogP contribution < -0.4 is 10.1 Å². The van der Waals surface area contributed by atoms with E-state index in [2.05, 4.69) is 15.3 Å². The molecule has 4 nitrogen and oxygen atoms in total. The number of nitrogens with zero attached hydrogens (tertiary/aromatic N) is 2. The van der Waals surface area contributed by atoms with Crippen molar-refractivity contribution in [1.29, 1.82) is 0 Å². The van der Waals surface area contributed by atoms with Gasteiger partial charge >= 0.3 is 6.18 Å². The van der Waals surface area contributed by atoms with Crippen LogP contribution in [-0.2, 0) is 12.7 Å². The molecule has 0 aliphatic carbocycles. The molecule has 0 bridgehead atoms. The van der Waals surface area contributed by atoms with Gasteiger partial charge in [-0.15, -0.1) is 0 Å². The average molecular weight is 283 g/mol. The summed E-state index contributed by atoms with van der Waals surface area (Å²) in [6.45, 7) is 0.304. The van der Waals surface area contributed by atoms with Crippen molar-refractivity contribution in [1.82, 2.24) is 9.97 Å². The normalized spacial score (nSPS) is 11.2. The minimum Gasteiger partial charge on any atom is -0.497 e. The number of nitrogens with one attached hydrogen (secondary N) is 1. The molecule has 7 heteroatoms. The maximum Gasteiger partial charge on any atom is 0.433 e. The number of benzene rings is 1. The third-order valence-electron chi connectivity index (χ3n) is 2.53. The van der Waals surface area contributed by atoms with Gasteiger partial charge in [-0.3, -0.25) is 0 Å². The topological polar surface area (TPSA) is 47.0 Å². The Morgan fingerprint density at radius 2 is 2.05 bits per heavy atom. The molecule has 20 heavy (non-hydrogen) atoms. The lowest BCUT2D eigenvalue weighted by Gasteiger charge is -2.09. The van der Waals surface area contributed by atoms with Crippen LogP contribution >= 0.6 is 0 Å². The Balaban J connectivity index is 2.07. The van der Waals surface area contributed by atoms with E-state index in [0.717, 1.165) is 17.8 Å². The predicted molar refractivity (Wildman–Crippen MR) is 67.4 cm³/mol. The van der Waals surface area contributed by atoms with Crippen molar-refractivity contribution in [3.8, 4) is 5.75 Å². The van der Waals surface area contributed by atoms with Crippen molar-refractivity contribution in [2.24, 2.45) is 0 Å². The number of hydrogen-bond donors (Lipinski definition) is 1. The molecule has 0 aliphatic rings. The van der Waals surface area contributed by atoms with E-state index in [-0.39, 0.29) is 5.95 Å². The Bertz CT molecular complexity index is 587. The molecule has 1 heterocycles. The van der Waals surface area contributed by atoms with Gasteiger partial charge < -0.3 is 10.1 Å². The van der Waals surface area contributed by atoms with E-state index in [4.69, 9.17) is 4.74 Å². The molecule has 0 saturated heterocycles. The summed E-state index contributed by atoms with van der Waals surface area (Å²) in [6, 6.07) is 8.01. The molecular weight excluding hydrogens is 271 g/mol. The summed E-state index contributed by atoms with van der Waals surface area (Å²) < 4.78 is 42.5. The number of ether oxygens (including phenoxy) is 1. The molecule has 1 N–H and O–H groups in total. The number of hydrogen-bond acceptors (Lipinski definition) is 4. The molecule has 0 radical (unpaired) electrons. The lowest BCUT2D eigenvalue weighted by molar-refractivity contribution is -0.141. The molecule has 0 atom stereocenters. The average Bonchev–Trinajstić information content (AvgIpc) is 2.45. The highest BCUT2D eigenvalue weighted by Crippen LogP contribution is 2.27. The summed E-state index contributed by atoms with van der Waals surface area (Å²) in [6.07, 6.45) is -3.40. The summed E-state index contributed by atoms with van der Waals surface area (Å²) in [5.74, 6) is 0.608. The van der Waals surface area contributed by atoms with Crippen LogP contribution in [-0.4, -0.2) is 17.1 Å². The van der Waals surface area contributed by atoms with E-state index in [1.54, 1.807) is 25.3 Å². The Morgan fingerprint density at radius 3 is 2.75 bits per heavy atom. The number of rotatable bonds is 4. The summed E-state index contributed by atoms with van der Waals surface area (Å²) >= 11 is 0. The number of halogens is 3. The zero-order valence-corrected chi connectivity index (χ0v) is 10.6. The molecule has 0 unspecified atom stereocenters. The fourth-order valence-electron chi connectivity index (χ4n) is 1.57. The van der Waals surface area contributed by atoms with Crippen LogP contribution in [0, 0.1) is 0 Å². The van der Waals surface area contributed by atoms with Gasteiger partial charge in [0.15, 0.2) is 0 Å². The third kappa shape index (κ3) is 3.59. The maximum absolute atomic E-state index is 12.5. The minimum atomic E-state index is -4.48. The van der Waals surface area contributed by atoms with Gasteiger partial charge in [0.1, 0.15) is 11.4 Å². The number of anilines is 1. The SMILES string of the molecule is COc1cccc(CNc2nccc(C(F)(F)F)n2)c1. The van der Waals surface area contributed by atoms with Gasteiger partial charge in [0.2, 0.25) is 5.95 Å². The van der Waals surface area contributed by atoms with Crippen LogP contribution in [0.15, 0.2) is 36.5 Å². The fourth-order valence-corrected chi connectivity index (χ4v) is 1.57. The van der Waals surface area contributed by atoms with Gasteiger partial charge in [-0.1, -0.05) is 12.1 Å². The minimum absolute atomic E-state index is 0.0670. The van der Waals surface area contributed by atoms with Crippen LogP contribution in [0.5, 0.6) is 5.75 Å². The Hall–Kier alpha value is -2.31. The highest BCUT2D eigenvalue weighted by molar-refractivity contribution is 5.33. The lowest BCUT2D eigenvalue weighted by Crippen LogP contribution is -2.11. The first-order valence-electron chi connectivity index (χ1n) is 5.76. The van der Waals surface area contributed by atoms with E-state index in [1.807, 2.05) is 6.07 Å². The smallest absolute Gasteiger partial charge is 0.433 e. The zero-order valence-electron chi connectivity index (χ0n) is 10.6. The van der Waals surface area contributed by atoms with Gasteiger partial charge in [0.05, 0.1) is 7.11 Å². The van der Waals surface area contributed by atoms with Crippen LogP contribution in [0.4, 0.5) is 19.1 Å². The molecular formula is C13H12F3N3O. The molecule has 0 amide bonds. The molecule has 0 saturated carbocycles. The maximum atomic E-state index is 12.5. The summed E-state index contributed by atoms with van der Waals surface area (Å²) in [5.41, 5.74) is -0.119. The van der Waals surface area contributed by atoms with E-state index in [1.165, 1.54) is 0 Å². The summed E-state index contributed by atoms with van der Waals surface area (Å²) in [5, 5.41) is 2.75. The van der Waals surface area contributed by atoms with Crippen molar-refractivity contribution in [3.63, 3.8) is 0 Å². The van der Waals surface area contributed by atoms with Crippen LogP contribution in [0.1, 0.15) is 11.3 Å². The molecule has 1 aromatic heterocycles. The zero-order chi connectivity index (χ0) is 14.6. The molecule has 1 aromatic carbocycles. The second kappa shape index (κ2) is 5.77. The number of methoxy groups -OCH3 is 1. The second-order valence-electron chi connectivity index (χ2n) is 3.97. The molecule has 2 rings (SSSR count). The molecule has 0 aliphatic heterocycles. The van der Waals surface area contributed by atoms with E-state index in [0.29, 0.717) is 12.3 Å². The van der Waals surface area contributed by atoms with Crippen molar-refractivity contribution in [2.45, 2.75) is 12.7 Å². The Labute approximate surface area is 113 Å². The number of aromatic nitrogens is 2. The van der Waals surface area contributed by atoms with Crippen molar-refractivity contribution >= 4 is 5.95 Å². The summed E-state index contributed by atoms with van der Waals surface area (Å²) in [4.78, 5) is 7.18. The van der Waals surface area contributed by atoms with E-state index in [9.17, 15) is 13.2 Å². The highest BCUT2D eigenvalue weighted by atomic mass is 19.4. The molecule has 106 valence electrons. The standard InChI is InChI=1S/C13H12F3N3O/c1-20-10-4-2-3-9(7-10)8-18-12-17-6-5-11(19-12)13(14,15)16/h2-7H,8H2,1H3,(H,17,18,19). The van der Waals surface area contributed by atoms with Gasteiger partial charge in [-0.05, 0) is 23.8 Å². The first kappa shape index (κ1) is 14.1. The van der Waals surface area contributed by atoms with E-state index >= 15 is 0 Å². The van der Waals surface area contributed by atoms with Crippen molar-refractivity contribution in [3.05, 3.63) is 47.8 Å². The Morgan fingerprint density at radius 1 is 1.25 bits per heavy atom. The third-order valence-corrected chi connectivity index (χ3v) is 2.53. The van der Waals surface area contributed by atoms with Crippen molar-refractivity contribution in [2.75, 3.05) is 12.4 Å². The first-order chi connectivity index (χ1) is 9.49.